The molecule has 0 spiro atoms. The van der Waals surface area contributed by atoms with Crippen molar-refractivity contribution in [3.63, 3.8) is 0 Å². The summed E-state index contributed by atoms with van der Waals surface area (Å²) in [5.74, 6) is 2.08. The molecule has 140 valence electrons. The van der Waals surface area contributed by atoms with Crippen LogP contribution in [-0.2, 0) is 5.60 Å². The maximum atomic E-state index is 11.5. The molecule has 25 heavy (non-hydrogen) atoms. The summed E-state index contributed by atoms with van der Waals surface area (Å²) in [6.45, 7) is 0.866. The summed E-state index contributed by atoms with van der Waals surface area (Å²) >= 11 is 0. The smallest absolute Gasteiger partial charge is 0.121 e. The lowest BCUT2D eigenvalue weighted by Crippen LogP contribution is -2.45. The van der Waals surface area contributed by atoms with Crippen LogP contribution in [0.4, 0.5) is 0 Å². The zero-order valence-corrected chi connectivity index (χ0v) is 16.0. The topological polar surface area (TPSA) is 43.7 Å². The third kappa shape index (κ3) is 4.38. The summed E-state index contributed by atoms with van der Waals surface area (Å²) in [6.07, 6.45) is 11.3. The first-order chi connectivity index (χ1) is 12.0. The molecule has 0 saturated heterocycles. The third-order valence-corrected chi connectivity index (χ3v) is 6.64. The van der Waals surface area contributed by atoms with Crippen molar-refractivity contribution in [1.29, 1.82) is 0 Å². The molecule has 1 aromatic rings. The van der Waals surface area contributed by atoms with Gasteiger partial charge < -0.3 is 15.1 Å². The normalized spacial score (nSPS) is 30.9. The zero-order valence-electron chi connectivity index (χ0n) is 16.0. The molecule has 3 atom stereocenters. The molecule has 3 heteroatoms. The highest BCUT2D eigenvalue weighted by Crippen LogP contribution is 2.48. The molecule has 2 N–H and O–H groups in total. The minimum Gasteiger partial charge on any atom is -0.508 e. The minimum absolute atomic E-state index is 0.179. The Hall–Kier alpha value is -1.06. The van der Waals surface area contributed by atoms with Gasteiger partial charge in [-0.05, 0) is 51.3 Å². The van der Waals surface area contributed by atoms with Crippen molar-refractivity contribution in [1.82, 2.24) is 4.90 Å². The second kappa shape index (κ2) is 8.09. The highest BCUT2D eigenvalue weighted by molar-refractivity contribution is 5.37. The van der Waals surface area contributed by atoms with Crippen molar-refractivity contribution in [2.75, 3.05) is 20.6 Å². The Labute approximate surface area is 153 Å². The summed E-state index contributed by atoms with van der Waals surface area (Å²) < 4.78 is 0. The Morgan fingerprint density at radius 2 is 1.72 bits per heavy atom. The molecule has 0 aliphatic heterocycles. The van der Waals surface area contributed by atoms with Crippen LogP contribution in [0.1, 0.15) is 63.4 Å². The van der Waals surface area contributed by atoms with E-state index in [1.807, 2.05) is 18.2 Å². The standard InChI is InChI=1S/C22H35NO2/c1-23(2)16-19-15-18(12-11-17-7-3-4-8-17)13-14-22(19,25)20-9-5-6-10-21(20)24/h5-6,9-10,17-19,24-25H,3-4,7-8,11-16H2,1-2H3. The lowest BCUT2D eigenvalue weighted by atomic mass is 9.66. The monoisotopic (exact) mass is 345 g/mol. The molecule has 3 rings (SSSR count). The van der Waals surface area contributed by atoms with Crippen LogP contribution in [-0.4, -0.2) is 35.8 Å². The van der Waals surface area contributed by atoms with Gasteiger partial charge in [-0.3, -0.25) is 0 Å². The molecule has 0 radical (unpaired) electrons. The second-order valence-corrected chi connectivity index (χ2v) is 8.77. The van der Waals surface area contributed by atoms with Crippen LogP contribution in [0.5, 0.6) is 5.75 Å². The summed E-state index contributed by atoms with van der Waals surface area (Å²) in [5.41, 5.74) is -0.185. The molecule has 3 unspecified atom stereocenters. The maximum Gasteiger partial charge on any atom is 0.121 e. The number of phenols is 1. The van der Waals surface area contributed by atoms with E-state index >= 15 is 0 Å². The van der Waals surface area contributed by atoms with Crippen LogP contribution in [0.2, 0.25) is 0 Å². The average molecular weight is 346 g/mol. The molecule has 3 nitrogen and oxygen atoms in total. The van der Waals surface area contributed by atoms with Crippen LogP contribution in [0.15, 0.2) is 24.3 Å². The van der Waals surface area contributed by atoms with E-state index in [-0.39, 0.29) is 11.7 Å². The molecule has 2 aliphatic carbocycles. The van der Waals surface area contributed by atoms with Gasteiger partial charge in [0.2, 0.25) is 0 Å². The molecule has 1 aromatic carbocycles. The number of hydrogen-bond donors (Lipinski definition) is 2. The van der Waals surface area contributed by atoms with Gasteiger partial charge >= 0.3 is 0 Å². The Bertz CT molecular complexity index is 553. The first kappa shape index (κ1) is 18.7. The van der Waals surface area contributed by atoms with Crippen molar-refractivity contribution < 1.29 is 10.2 Å². The van der Waals surface area contributed by atoms with E-state index in [9.17, 15) is 10.2 Å². The van der Waals surface area contributed by atoms with Crippen LogP contribution in [0.3, 0.4) is 0 Å². The van der Waals surface area contributed by atoms with E-state index in [1.54, 1.807) is 6.07 Å². The molecule has 2 aliphatic rings. The lowest BCUT2D eigenvalue weighted by molar-refractivity contribution is -0.0778. The minimum atomic E-state index is -0.903. The number of para-hydroxylation sites is 1. The SMILES string of the molecule is CN(C)CC1CC(CCC2CCCC2)CCC1(O)c1ccccc1O. The fourth-order valence-electron chi connectivity index (χ4n) is 5.24. The van der Waals surface area contributed by atoms with E-state index < -0.39 is 5.60 Å². The number of aromatic hydroxyl groups is 1. The quantitative estimate of drug-likeness (QED) is 0.796. The average Bonchev–Trinajstić information content (AvgIpc) is 3.09. The summed E-state index contributed by atoms with van der Waals surface area (Å²) in [5, 5.41) is 21.9. The molecule has 2 saturated carbocycles. The van der Waals surface area contributed by atoms with Crippen LogP contribution in [0.25, 0.3) is 0 Å². The van der Waals surface area contributed by atoms with Crippen LogP contribution < -0.4 is 0 Å². The van der Waals surface area contributed by atoms with Crippen LogP contribution >= 0.6 is 0 Å². The number of rotatable bonds is 6. The van der Waals surface area contributed by atoms with Crippen LogP contribution in [0, 0.1) is 17.8 Å². The fourth-order valence-corrected chi connectivity index (χ4v) is 5.24. The number of nitrogens with zero attached hydrogens (tertiary/aromatic N) is 1. The van der Waals surface area contributed by atoms with E-state index in [0.717, 1.165) is 43.2 Å². The fraction of sp³-hybridized carbons (Fsp3) is 0.727. The van der Waals surface area contributed by atoms with Gasteiger partial charge in [0.15, 0.2) is 0 Å². The molecule has 0 amide bonds. The maximum absolute atomic E-state index is 11.5. The van der Waals surface area contributed by atoms with Crippen molar-refractivity contribution in [3.8, 4) is 5.75 Å². The van der Waals surface area contributed by atoms with E-state index in [2.05, 4.69) is 19.0 Å². The van der Waals surface area contributed by atoms with Crippen molar-refractivity contribution in [2.24, 2.45) is 17.8 Å². The number of benzene rings is 1. The predicted octanol–water partition coefficient (Wildman–Crippen LogP) is 4.53. The molecule has 0 heterocycles. The molecule has 0 bridgehead atoms. The first-order valence-electron chi connectivity index (χ1n) is 10.1. The van der Waals surface area contributed by atoms with Crippen molar-refractivity contribution in [2.45, 2.75) is 63.4 Å². The molecule has 0 aromatic heterocycles. The molecular weight excluding hydrogens is 310 g/mol. The number of phenolic OH excluding ortho intramolecular Hbond substituents is 1. The first-order valence-corrected chi connectivity index (χ1v) is 10.1. The zero-order chi connectivity index (χ0) is 17.9. The Morgan fingerprint density at radius 1 is 1.04 bits per heavy atom. The largest absolute Gasteiger partial charge is 0.508 e. The van der Waals surface area contributed by atoms with E-state index in [0.29, 0.717) is 0 Å². The van der Waals surface area contributed by atoms with Crippen molar-refractivity contribution >= 4 is 0 Å². The number of hydrogen-bond acceptors (Lipinski definition) is 3. The summed E-state index contributed by atoms with van der Waals surface area (Å²) in [7, 11) is 4.15. The highest BCUT2D eigenvalue weighted by Gasteiger charge is 2.44. The van der Waals surface area contributed by atoms with Gasteiger partial charge in [-0.15, -0.1) is 0 Å². The second-order valence-electron chi connectivity index (χ2n) is 8.77. The molecular formula is C22H35NO2. The van der Waals surface area contributed by atoms with Gasteiger partial charge in [-0.2, -0.15) is 0 Å². The van der Waals surface area contributed by atoms with Gasteiger partial charge in [0, 0.05) is 18.0 Å². The predicted molar refractivity (Wildman–Crippen MR) is 103 cm³/mol. The summed E-state index contributed by atoms with van der Waals surface area (Å²) in [4.78, 5) is 2.18. The van der Waals surface area contributed by atoms with Gasteiger partial charge in [0.1, 0.15) is 5.75 Å². The molecule has 2 fully saturated rings. The van der Waals surface area contributed by atoms with Crippen molar-refractivity contribution in [3.05, 3.63) is 29.8 Å². The van der Waals surface area contributed by atoms with Gasteiger partial charge in [-0.1, -0.05) is 56.7 Å². The lowest BCUT2D eigenvalue weighted by Gasteiger charge is -2.45. The Kier molecular flexibility index (Phi) is 6.06. The third-order valence-electron chi connectivity index (χ3n) is 6.64. The summed E-state index contributed by atoms with van der Waals surface area (Å²) in [6, 6.07) is 7.35. The van der Waals surface area contributed by atoms with E-state index in [4.69, 9.17) is 0 Å². The van der Waals surface area contributed by atoms with Gasteiger partial charge in [0.05, 0.1) is 5.60 Å². The van der Waals surface area contributed by atoms with E-state index in [1.165, 1.54) is 38.5 Å². The number of aliphatic hydroxyl groups is 1. The Balaban J connectivity index is 1.70. The Morgan fingerprint density at radius 3 is 2.40 bits per heavy atom. The van der Waals surface area contributed by atoms with Gasteiger partial charge in [-0.25, -0.2) is 0 Å². The van der Waals surface area contributed by atoms with Gasteiger partial charge in [0.25, 0.3) is 0 Å². The highest BCUT2D eigenvalue weighted by atomic mass is 16.3.